The SMILES string of the molecule is O=[N+]([O-])c1ccc(O)c(/C=C/c2ccccc2)c1. The van der Waals surface area contributed by atoms with E-state index in [0.717, 1.165) is 5.56 Å². The second kappa shape index (κ2) is 5.14. The van der Waals surface area contributed by atoms with Gasteiger partial charge in [0.05, 0.1) is 4.92 Å². The fourth-order valence-electron chi connectivity index (χ4n) is 1.54. The summed E-state index contributed by atoms with van der Waals surface area (Å²) in [4.78, 5) is 10.2. The summed E-state index contributed by atoms with van der Waals surface area (Å²) in [5.74, 6) is 0.0211. The van der Waals surface area contributed by atoms with Crippen LogP contribution in [-0.4, -0.2) is 10.0 Å². The van der Waals surface area contributed by atoms with Gasteiger partial charge in [-0.05, 0) is 11.6 Å². The van der Waals surface area contributed by atoms with Gasteiger partial charge < -0.3 is 5.11 Å². The Morgan fingerprint density at radius 1 is 1.06 bits per heavy atom. The van der Waals surface area contributed by atoms with Crippen LogP contribution < -0.4 is 0 Å². The maximum atomic E-state index is 10.6. The number of aromatic hydroxyl groups is 1. The van der Waals surface area contributed by atoms with Crippen LogP contribution in [0.25, 0.3) is 12.2 Å². The van der Waals surface area contributed by atoms with E-state index in [-0.39, 0.29) is 11.4 Å². The quantitative estimate of drug-likeness (QED) is 0.508. The highest BCUT2D eigenvalue weighted by Gasteiger charge is 2.07. The Kier molecular flexibility index (Phi) is 3.38. The van der Waals surface area contributed by atoms with Gasteiger partial charge in [-0.25, -0.2) is 0 Å². The van der Waals surface area contributed by atoms with Gasteiger partial charge in [-0.15, -0.1) is 0 Å². The van der Waals surface area contributed by atoms with Gasteiger partial charge in [-0.3, -0.25) is 10.1 Å². The highest BCUT2D eigenvalue weighted by Crippen LogP contribution is 2.24. The lowest BCUT2D eigenvalue weighted by molar-refractivity contribution is -0.384. The van der Waals surface area contributed by atoms with E-state index in [0.29, 0.717) is 5.56 Å². The predicted molar refractivity (Wildman–Crippen MR) is 70.1 cm³/mol. The van der Waals surface area contributed by atoms with Crippen molar-refractivity contribution in [3.8, 4) is 5.75 Å². The van der Waals surface area contributed by atoms with Gasteiger partial charge in [0.2, 0.25) is 0 Å². The summed E-state index contributed by atoms with van der Waals surface area (Å²) in [5, 5.41) is 20.3. The van der Waals surface area contributed by atoms with Crippen LogP contribution in [0, 0.1) is 10.1 Å². The van der Waals surface area contributed by atoms with Crippen LogP contribution in [-0.2, 0) is 0 Å². The van der Waals surface area contributed by atoms with Crippen LogP contribution >= 0.6 is 0 Å². The van der Waals surface area contributed by atoms with Crippen molar-refractivity contribution in [2.75, 3.05) is 0 Å². The summed E-state index contributed by atoms with van der Waals surface area (Å²) in [6.45, 7) is 0. The zero-order valence-corrected chi connectivity index (χ0v) is 9.48. The lowest BCUT2D eigenvalue weighted by Gasteiger charge is -1.99. The predicted octanol–water partition coefficient (Wildman–Crippen LogP) is 3.47. The molecule has 0 saturated heterocycles. The fourth-order valence-corrected chi connectivity index (χ4v) is 1.54. The first kappa shape index (κ1) is 11.9. The largest absolute Gasteiger partial charge is 0.507 e. The number of nitrogens with zero attached hydrogens (tertiary/aromatic N) is 1. The van der Waals surface area contributed by atoms with Crippen LogP contribution in [0.4, 0.5) is 5.69 Å². The van der Waals surface area contributed by atoms with Gasteiger partial charge in [0.25, 0.3) is 5.69 Å². The highest BCUT2D eigenvalue weighted by molar-refractivity contribution is 5.73. The summed E-state index contributed by atoms with van der Waals surface area (Å²) < 4.78 is 0. The molecule has 0 heterocycles. The van der Waals surface area contributed by atoms with Crippen molar-refractivity contribution in [3.63, 3.8) is 0 Å². The molecule has 0 aliphatic rings. The zero-order chi connectivity index (χ0) is 13.0. The van der Waals surface area contributed by atoms with Gasteiger partial charge in [-0.1, -0.05) is 42.5 Å². The van der Waals surface area contributed by atoms with Crippen molar-refractivity contribution in [1.82, 2.24) is 0 Å². The normalized spacial score (nSPS) is 10.7. The first-order chi connectivity index (χ1) is 8.66. The minimum Gasteiger partial charge on any atom is -0.507 e. The van der Waals surface area contributed by atoms with E-state index >= 15 is 0 Å². The first-order valence-corrected chi connectivity index (χ1v) is 5.37. The first-order valence-electron chi connectivity index (χ1n) is 5.37. The van der Waals surface area contributed by atoms with Gasteiger partial charge in [0.15, 0.2) is 0 Å². The molecule has 0 radical (unpaired) electrons. The summed E-state index contributed by atoms with van der Waals surface area (Å²) in [6, 6.07) is 13.4. The molecule has 4 heteroatoms. The number of benzene rings is 2. The molecular formula is C14H11NO3. The van der Waals surface area contributed by atoms with Gasteiger partial charge in [0.1, 0.15) is 5.75 Å². The minimum atomic E-state index is -0.487. The smallest absolute Gasteiger partial charge is 0.270 e. The molecule has 0 bridgehead atoms. The van der Waals surface area contributed by atoms with E-state index in [1.165, 1.54) is 18.2 Å². The van der Waals surface area contributed by atoms with Crippen LogP contribution in [0.1, 0.15) is 11.1 Å². The number of rotatable bonds is 3. The van der Waals surface area contributed by atoms with Crippen LogP contribution in [0.2, 0.25) is 0 Å². The summed E-state index contributed by atoms with van der Waals surface area (Å²) in [7, 11) is 0. The Balaban J connectivity index is 2.31. The number of non-ortho nitro benzene ring substituents is 1. The molecule has 90 valence electrons. The molecule has 18 heavy (non-hydrogen) atoms. The number of nitro benzene ring substituents is 1. The molecule has 0 spiro atoms. The molecule has 0 amide bonds. The number of nitro groups is 1. The third kappa shape index (κ3) is 2.74. The Morgan fingerprint density at radius 2 is 1.78 bits per heavy atom. The molecule has 0 fully saturated rings. The van der Waals surface area contributed by atoms with Crippen molar-refractivity contribution in [2.45, 2.75) is 0 Å². The monoisotopic (exact) mass is 241 g/mol. The van der Waals surface area contributed by atoms with E-state index in [4.69, 9.17) is 0 Å². The maximum Gasteiger partial charge on any atom is 0.270 e. The summed E-state index contributed by atoms with van der Waals surface area (Å²) >= 11 is 0. The van der Waals surface area contributed by atoms with Gasteiger partial charge in [-0.2, -0.15) is 0 Å². The van der Waals surface area contributed by atoms with Gasteiger partial charge in [0, 0.05) is 17.7 Å². The second-order valence-corrected chi connectivity index (χ2v) is 3.74. The maximum absolute atomic E-state index is 10.6. The average molecular weight is 241 g/mol. The molecule has 0 aromatic heterocycles. The number of phenols is 1. The van der Waals surface area contributed by atoms with Crippen molar-refractivity contribution >= 4 is 17.8 Å². The van der Waals surface area contributed by atoms with Gasteiger partial charge >= 0.3 is 0 Å². The highest BCUT2D eigenvalue weighted by atomic mass is 16.6. The average Bonchev–Trinajstić information content (AvgIpc) is 2.38. The lowest BCUT2D eigenvalue weighted by atomic mass is 10.1. The second-order valence-electron chi connectivity index (χ2n) is 3.74. The molecule has 2 aromatic rings. The molecule has 0 aliphatic carbocycles. The molecular weight excluding hydrogens is 230 g/mol. The third-order valence-corrected chi connectivity index (χ3v) is 2.48. The molecule has 4 nitrogen and oxygen atoms in total. The molecule has 0 saturated carbocycles. The Morgan fingerprint density at radius 3 is 2.44 bits per heavy atom. The standard InChI is InChI=1S/C14H11NO3/c16-14-9-8-13(15(17)18)10-12(14)7-6-11-4-2-1-3-5-11/h1-10,16H/b7-6+. The van der Waals surface area contributed by atoms with Crippen molar-refractivity contribution < 1.29 is 10.0 Å². The molecule has 0 atom stereocenters. The topological polar surface area (TPSA) is 63.4 Å². The molecule has 0 unspecified atom stereocenters. The van der Waals surface area contributed by atoms with E-state index in [2.05, 4.69) is 0 Å². The molecule has 2 aromatic carbocycles. The van der Waals surface area contributed by atoms with Crippen LogP contribution in [0.5, 0.6) is 5.75 Å². The van der Waals surface area contributed by atoms with E-state index in [1.54, 1.807) is 12.2 Å². The zero-order valence-electron chi connectivity index (χ0n) is 9.48. The number of hydrogen-bond donors (Lipinski definition) is 1. The van der Waals surface area contributed by atoms with E-state index < -0.39 is 4.92 Å². The van der Waals surface area contributed by atoms with Crippen molar-refractivity contribution in [2.24, 2.45) is 0 Å². The van der Waals surface area contributed by atoms with E-state index in [9.17, 15) is 15.2 Å². The lowest BCUT2D eigenvalue weighted by Crippen LogP contribution is -1.88. The Labute approximate surface area is 104 Å². The Hall–Kier alpha value is -2.62. The van der Waals surface area contributed by atoms with Crippen molar-refractivity contribution in [3.05, 3.63) is 69.8 Å². The number of hydrogen-bond acceptors (Lipinski definition) is 3. The molecule has 0 aliphatic heterocycles. The number of phenolic OH excluding ortho intramolecular Hbond substituents is 1. The summed E-state index contributed by atoms with van der Waals surface area (Å²) in [6.07, 6.45) is 3.44. The van der Waals surface area contributed by atoms with E-state index in [1.807, 2.05) is 30.3 Å². The van der Waals surface area contributed by atoms with Crippen LogP contribution in [0.3, 0.4) is 0 Å². The van der Waals surface area contributed by atoms with Crippen molar-refractivity contribution in [1.29, 1.82) is 0 Å². The summed E-state index contributed by atoms with van der Waals surface area (Å²) in [5.41, 5.74) is 1.34. The minimum absolute atomic E-state index is 0.0211. The molecule has 1 N–H and O–H groups in total. The van der Waals surface area contributed by atoms with Crippen LogP contribution in [0.15, 0.2) is 48.5 Å². The molecule has 2 rings (SSSR count). The fraction of sp³-hybridized carbons (Fsp3) is 0. The Bertz CT molecular complexity index is 591. The third-order valence-electron chi connectivity index (χ3n) is 2.48.